The fraction of sp³-hybridized carbons (Fsp3) is 0.889. The summed E-state index contributed by atoms with van der Waals surface area (Å²) in [6.45, 7) is 11.5. The average Bonchev–Trinajstić information content (AvgIpc) is 3.17. The van der Waals surface area contributed by atoms with E-state index in [2.05, 4.69) is 22.5 Å². The van der Waals surface area contributed by atoms with Crippen LogP contribution in [0.25, 0.3) is 0 Å². The third-order valence-electron chi connectivity index (χ3n) is 5.20. The Morgan fingerprint density at radius 1 is 1.21 bits per heavy atom. The van der Waals surface area contributed by atoms with Crippen molar-refractivity contribution >= 4 is 11.9 Å². The first-order valence-electron chi connectivity index (χ1n) is 9.37. The number of ether oxygens (including phenoxy) is 1. The maximum absolute atomic E-state index is 11.9. The zero-order valence-corrected chi connectivity index (χ0v) is 15.5. The van der Waals surface area contributed by atoms with E-state index in [1.807, 2.05) is 20.8 Å². The van der Waals surface area contributed by atoms with Gasteiger partial charge in [-0.15, -0.1) is 0 Å². The quantitative estimate of drug-likeness (QED) is 0.601. The van der Waals surface area contributed by atoms with Gasteiger partial charge in [0.25, 0.3) is 0 Å². The number of guanidine groups is 1. The van der Waals surface area contributed by atoms with Crippen LogP contribution >= 0.6 is 0 Å². The molecule has 3 aliphatic heterocycles. The van der Waals surface area contributed by atoms with Gasteiger partial charge in [-0.25, -0.2) is 0 Å². The summed E-state index contributed by atoms with van der Waals surface area (Å²) in [5.74, 6) is 2.34. The number of carbonyl (C=O) groups excluding carboxylic acids is 1. The van der Waals surface area contributed by atoms with Gasteiger partial charge in [0.05, 0.1) is 18.8 Å². The van der Waals surface area contributed by atoms with E-state index < -0.39 is 0 Å². The van der Waals surface area contributed by atoms with Gasteiger partial charge in [0.2, 0.25) is 5.91 Å². The molecule has 3 rings (SSSR count). The predicted molar refractivity (Wildman–Crippen MR) is 94.9 cm³/mol. The maximum atomic E-state index is 11.9. The molecule has 24 heavy (non-hydrogen) atoms. The highest BCUT2D eigenvalue weighted by molar-refractivity contribution is 5.81. The molecule has 0 aromatic rings. The lowest BCUT2D eigenvalue weighted by Gasteiger charge is -2.23. The predicted octanol–water partition coefficient (Wildman–Crippen LogP) is 1.37. The summed E-state index contributed by atoms with van der Waals surface area (Å²) in [6.07, 6.45) is 3.80. The molecule has 3 saturated heterocycles. The van der Waals surface area contributed by atoms with Crippen molar-refractivity contribution in [3.05, 3.63) is 0 Å². The molecule has 3 fully saturated rings. The Labute approximate surface area is 145 Å². The van der Waals surface area contributed by atoms with Gasteiger partial charge in [-0.2, -0.15) is 0 Å². The normalized spacial score (nSPS) is 32.2. The number of hydrogen-bond acceptors (Lipinski definition) is 3. The molecule has 0 aromatic carbocycles. The second-order valence-electron chi connectivity index (χ2n) is 8.31. The zero-order valence-electron chi connectivity index (χ0n) is 15.5. The highest BCUT2D eigenvalue weighted by Gasteiger charge is 2.53. The van der Waals surface area contributed by atoms with E-state index in [0.717, 1.165) is 25.6 Å². The topological polar surface area (TPSA) is 66.0 Å². The molecule has 0 aliphatic carbocycles. The highest BCUT2D eigenvalue weighted by atomic mass is 16.5. The molecule has 1 amide bonds. The van der Waals surface area contributed by atoms with Crippen LogP contribution in [0.4, 0.5) is 0 Å². The molecule has 4 atom stereocenters. The van der Waals surface area contributed by atoms with Crippen LogP contribution in [-0.4, -0.2) is 60.7 Å². The van der Waals surface area contributed by atoms with Crippen LogP contribution in [-0.2, 0) is 9.53 Å². The fourth-order valence-corrected chi connectivity index (χ4v) is 4.30. The van der Waals surface area contributed by atoms with Gasteiger partial charge in [0.15, 0.2) is 5.96 Å². The van der Waals surface area contributed by atoms with Crippen molar-refractivity contribution in [2.45, 2.75) is 64.7 Å². The molecule has 4 unspecified atom stereocenters. The number of likely N-dealkylation sites (tertiary alicyclic amines) is 1. The van der Waals surface area contributed by atoms with Crippen LogP contribution in [0.1, 0.15) is 47.0 Å². The van der Waals surface area contributed by atoms with Crippen LogP contribution in [0.2, 0.25) is 0 Å². The number of carbonyl (C=O) groups is 1. The largest absolute Gasteiger partial charge is 0.374 e. The minimum absolute atomic E-state index is 0.0619. The van der Waals surface area contributed by atoms with Crippen LogP contribution in [0.15, 0.2) is 4.99 Å². The molecule has 2 bridgehead atoms. The van der Waals surface area contributed by atoms with Crippen molar-refractivity contribution in [3.8, 4) is 0 Å². The molecule has 6 nitrogen and oxygen atoms in total. The Bertz CT molecular complexity index is 482. The number of amides is 1. The van der Waals surface area contributed by atoms with Gasteiger partial charge in [0.1, 0.15) is 0 Å². The molecule has 3 heterocycles. The SMILES string of the molecule is CCNC(=NCCC(=O)NC(C)(C)C)N1CC2C3CCC(O3)C2C1. The van der Waals surface area contributed by atoms with Crippen molar-refractivity contribution in [2.24, 2.45) is 16.8 Å². The monoisotopic (exact) mass is 336 g/mol. The second-order valence-corrected chi connectivity index (χ2v) is 8.31. The maximum Gasteiger partial charge on any atom is 0.222 e. The van der Waals surface area contributed by atoms with E-state index in [9.17, 15) is 4.79 Å². The van der Waals surface area contributed by atoms with Gasteiger partial charge in [0, 0.05) is 43.4 Å². The smallest absolute Gasteiger partial charge is 0.222 e. The van der Waals surface area contributed by atoms with Gasteiger partial charge in [-0.05, 0) is 40.5 Å². The Balaban J connectivity index is 1.54. The van der Waals surface area contributed by atoms with E-state index in [1.165, 1.54) is 12.8 Å². The molecular weight excluding hydrogens is 304 g/mol. The standard InChI is InChI=1S/C18H32N4O2/c1-5-19-17(20-9-8-16(23)21-18(2,3)4)22-10-12-13(11-22)15-7-6-14(12)24-15/h12-15H,5-11H2,1-4H3,(H,19,20)(H,21,23). The third kappa shape index (κ3) is 3.85. The Kier molecular flexibility index (Phi) is 5.04. The molecule has 0 saturated carbocycles. The first-order valence-corrected chi connectivity index (χ1v) is 9.37. The summed E-state index contributed by atoms with van der Waals surface area (Å²) >= 11 is 0. The van der Waals surface area contributed by atoms with E-state index >= 15 is 0 Å². The lowest BCUT2D eigenvalue weighted by Crippen LogP contribution is -2.42. The van der Waals surface area contributed by atoms with Crippen LogP contribution in [0, 0.1) is 11.8 Å². The minimum Gasteiger partial charge on any atom is -0.374 e. The second kappa shape index (κ2) is 6.90. The van der Waals surface area contributed by atoms with Gasteiger partial charge in [-0.3, -0.25) is 9.79 Å². The molecule has 3 aliphatic rings. The molecule has 0 radical (unpaired) electrons. The number of nitrogens with one attached hydrogen (secondary N) is 2. The Hall–Kier alpha value is -1.30. The fourth-order valence-electron chi connectivity index (χ4n) is 4.30. The molecule has 0 spiro atoms. The number of fused-ring (bicyclic) bond motifs is 5. The van der Waals surface area contributed by atoms with Gasteiger partial charge >= 0.3 is 0 Å². The lowest BCUT2D eigenvalue weighted by molar-refractivity contribution is -0.122. The minimum atomic E-state index is -0.184. The van der Waals surface area contributed by atoms with Crippen LogP contribution in [0.5, 0.6) is 0 Å². The van der Waals surface area contributed by atoms with Gasteiger partial charge < -0.3 is 20.3 Å². The number of rotatable bonds is 4. The molecule has 0 aromatic heterocycles. The third-order valence-corrected chi connectivity index (χ3v) is 5.20. The summed E-state index contributed by atoms with van der Waals surface area (Å²) in [5.41, 5.74) is -0.184. The summed E-state index contributed by atoms with van der Waals surface area (Å²) in [5, 5.41) is 6.38. The highest BCUT2D eigenvalue weighted by Crippen LogP contribution is 2.47. The van der Waals surface area contributed by atoms with E-state index in [1.54, 1.807) is 0 Å². The van der Waals surface area contributed by atoms with Crippen LogP contribution in [0.3, 0.4) is 0 Å². The molecular formula is C18H32N4O2. The number of nitrogens with zero attached hydrogens (tertiary/aromatic N) is 2. The summed E-state index contributed by atoms with van der Waals surface area (Å²) in [6, 6.07) is 0. The van der Waals surface area contributed by atoms with E-state index in [0.29, 0.717) is 37.0 Å². The first-order chi connectivity index (χ1) is 11.4. The Morgan fingerprint density at radius 2 is 1.83 bits per heavy atom. The average molecular weight is 336 g/mol. The molecule has 2 N–H and O–H groups in total. The number of hydrogen-bond donors (Lipinski definition) is 2. The van der Waals surface area contributed by atoms with E-state index in [4.69, 9.17) is 9.73 Å². The Morgan fingerprint density at radius 3 is 2.38 bits per heavy atom. The van der Waals surface area contributed by atoms with Crippen LogP contribution < -0.4 is 10.6 Å². The summed E-state index contributed by atoms with van der Waals surface area (Å²) in [4.78, 5) is 19.0. The van der Waals surface area contributed by atoms with Crippen molar-refractivity contribution in [1.82, 2.24) is 15.5 Å². The van der Waals surface area contributed by atoms with E-state index in [-0.39, 0.29) is 11.4 Å². The lowest BCUT2D eigenvalue weighted by atomic mass is 9.82. The number of aliphatic imine (C=N–C) groups is 1. The van der Waals surface area contributed by atoms with Gasteiger partial charge in [-0.1, -0.05) is 0 Å². The molecule has 6 heteroatoms. The van der Waals surface area contributed by atoms with Crippen molar-refractivity contribution in [2.75, 3.05) is 26.2 Å². The van der Waals surface area contributed by atoms with Crippen molar-refractivity contribution in [3.63, 3.8) is 0 Å². The zero-order chi connectivity index (χ0) is 17.3. The van der Waals surface area contributed by atoms with Crippen molar-refractivity contribution < 1.29 is 9.53 Å². The first kappa shape index (κ1) is 17.5. The summed E-state index contributed by atoms with van der Waals surface area (Å²) in [7, 11) is 0. The summed E-state index contributed by atoms with van der Waals surface area (Å²) < 4.78 is 6.05. The molecule has 136 valence electrons. The van der Waals surface area contributed by atoms with Crippen molar-refractivity contribution in [1.29, 1.82) is 0 Å².